The Balaban J connectivity index is 1.27. The van der Waals surface area contributed by atoms with Crippen LogP contribution in [0.1, 0.15) is 103 Å². The molecule has 186 valence electrons. The molecule has 0 spiro atoms. The molecule has 0 radical (unpaired) electrons. The molecule has 0 N–H and O–H groups in total. The van der Waals surface area contributed by atoms with Gasteiger partial charge < -0.3 is 9.47 Å². The molecule has 4 nitrogen and oxygen atoms in total. The van der Waals surface area contributed by atoms with Crippen molar-refractivity contribution < 1.29 is 19.1 Å². The van der Waals surface area contributed by atoms with Crippen molar-refractivity contribution in [1.29, 1.82) is 0 Å². The number of carbonyl (C=O) groups excluding carboxylic acids is 2. The van der Waals surface area contributed by atoms with E-state index in [4.69, 9.17) is 9.47 Å². The summed E-state index contributed by atoms with van der Waals surface area (Å²) < 4.78 is 10.6. The first-order chi connectivity index (χ1) is 16.7. The SMILES string of the molecule is O=C(CCCCCCCCCCCCCCCCC(=O)Oc1ccccc1)Oc1ccccc1. The van der Waals surface area contributed by atoms with Crippen LogP contribution in [0.4, 0.5) is 0 Å². The molecule has 0 saturated carbocycles. The summed E-state index contributed by atoms with van der Waals surface area (Å²) in [6.45, 7) is 0. The first-order valence-corrected chi connectivity index (χ1v) is 13.3. The summed E-state index contributed by atoms with van der Waals surface area (Å²) in [5, 5.41) is 0. The molecule has 0 bridgehead atoms. The van der Waals surface area contributed by atoms with Crippen LogP contribution in [0.15, 0.2) is 60.7 Å². The molecule has 0 aliphatic carbocycles. The fourth-order valence-corrected chi connectivity index (χ4v) is 4.00. The molecule has 0 saturated heterocycles. The highest BCUT2D eigenvalue weighted by atomic mass is 16.5. The zero-order valence-electron chi connectivity index (χ0n) is 20.7. The van der Waals surface area contributed by atoms with Gasteiger partial charge >= 0.3 is 11.9 Å². The lowest BCUT2D eigenvalue weighted by molar-refractivity contribution is -0.135. The highest BCUT2D eigenvalue weighted by Gasteiger charge is 2.05. The van der Waals surface area contributed by atoms with E-state index in [-0.39, 0.29) is 11.9 Å². The summed E-state index contributed by atoms with van der Waals surface area (Å²) >= 11 is 0. The number of rotatable bonds is 19. The van der Waals surface area contributed by atoms with Crippen molar-refractivity contribution >= 4 is 11.9 Å². The van der Waals surface area contributed by atoms with Crippen molar-refractivity contribution in [3.05, 3.63) is 60.7 Å². The summed E-state index contributed by atoms with van der Waals surface area (Å²) in [7, 11) is 0. The van der Waals surface area contributed by atoms with Crippen molar-refractivity contribution in [2.75, 3.05) is 0 Å². The third-order valence-corrected chi connectivity index (χ3v) is 5.96. The van der Waals surface area contributed by atoms with E-state index >= 15 is 0 Å². The van der Waals surface area contributed by atoms with Gasteiger partial charge in [-0.3, -0.25) is 9.59 Å². The summed E-state index contributed by atoms with van der Waals surface area (Å²) in [5.74, 6) is 1.01. The average Bonchev–Trinajstić information content (AvgIpc) is 2.85. The molecule has 2 aromatic carbocycles. The zero-order valence-corrected chi connectivity index (χ0v) is 20.7. The number of para-hydroxylation sites is 2. The second-order valence-electron chi connectivity index (χ2n) is 9.02. The maximum atomic E-state index is 11.8. The van der Waals surface area contributed by atoms with E-state index in [2.05, 4.69) is 0 Å². The minimum atomic E-state index is -0.128. The summed E-state index contributed by atoms with van der Waals surface area (Å²) in [4.78, 5) is 23.6. The highest BCUT2D eigenvalue weighted by Crippen LogP contribution is 2.15. The van der Waals surface area contributed by atoms with Crippen molar-refractivity contribution in [3.63, 3.8) is 0 Å². The second kappa shape index (κ2) is 18.8. The molecule has 2 aromatic rings. The first kappa shape index (κ1) is 27.6. The molecule has 0 unspecified atom stereocenters. The van der Waals surface area contributed by atoms with Crippen LogP contribution in [-0.2, 0) is 9.59 Å². The lowest BCUT2D eigenvalue weighted by atomic mass is 10.0. The van der Waals surface area contributed by atoms with Crippen LogP contribution in [0, 0.1) is 0 Å². The monoisotopic (exact) mass is 466 g/mol. The van der Waals surface area contributed by atoms with E-state index < -0.39 is 0 Å². The van der Waals surface area contributed by atoms with Crippen LogP contribution < -0.4 is 9.47 Å². The normalized spacial score (nSPS) is 10.7. The number of unbranched alkanes of at least 4 members (excludes halogenated alkanes) is 13. The minimum Gasteiger partial charge on any atom is -0.427 e. The van der Waals surface area contributed by atoms with Crippen LogP contribution in [0.3, 0.4) is 0 Å². The molecule has 34 heavy (non-hydrogen) atoms. The Morgan fingerprint density at radius 2 is 0.676 bits per heavy atom. The second-order valence-corrected chi connectivity index (χ2v) is 9.02. The van der Waals surface area contributed by atoms with Gasteiger partial charge in [0.15, 0.2) is 0 Å². The van der Waals surface area contributed by atoms with E-state index in [1.54, 1.807) is 0 Å². The lowest BCUT2D eigenvalue weighted by Gasteiger charge is -2.05. The maximum Gasteiger partial charge on any atom is 0.311 e. The Morgan fingerprint density at radius 1 is 0.412 bits per heavy atom. The third-order valence-electron chi connectivity index (χ3n) is 5.96. The molecule has 4 heteroatoms. The zero-order chi connectivity index (χ0) is 24.1. The Labute approximate surface area is 206 Å². The fraction of sp³-hybridized carbons (Fsp3) is 0.533. The molecular weight excluding hydrogens is 424 g/mol. The lowest BCUT2D eigenvalue weighted by Crippen LogP contribution is -2.07. The molecule has 0 aromatic heterocycles. The van der Waals surface area contributed by atoms with Gasteiger partial charge in [-0.05, 0) is 37.1 Å². The number of benzene rings is 2. The van der Waals surface area contributed by atoms with Gasteiger partial charge in [0.2, 0.25) is 0 Å². The Morgan fingerprint density at radius 3 is 0.971 bits per heavy atom. The van der Waals surface area contributed by atoms with Gasteiger partial charge in [-0.15, -0.1) is 0 Å². The average molecular weight is 467 g/mol. The van der Waals surface area contributed by atoms with Crippen molar-refractivity contribution in [2.45, 2.75) is 103 Å². The Bertz CT molecular complexity index is 705. The van der Waals surface area contributed by atoms with Crippen LogP contribution in [0.2, 0.25) is 0 Å². The largest absolute Gasteiger partial charge is 0.427 e. The quantitative estimate of drug-likeness (QED) is 0.118. The van der Waals surface area contributed by atoms with Crippen LogP contribution >= 0.6 is 0 Å². The molecule has 0 aliphatic rings. The number of carbonyl (C=O) groups is 2. The third kappa shape index (κ3) is 14.5. The van der Waals surface area contributed by atoms with Gasteiger partial charge in [-0.1, -0.05) is 113 Å². The van der Waals surface area contributed by atoms with Crippen LogP contribution in [0.25, 0.3) is 0 Å². The summed E-state index contributed by atoms with van der Waals surface area (Å²) in [6, 6.07) is 18.6. The van der Waals surface area contributed by atoms with Crippen molar-refractivity contribution in [1.82, 2.24) is 0 Å². The Kier molecular flexibility index (Phi) is 15.2. The van der Waals surface area contributed by atoms with Crippen LogP contribution in [-0.4, -0.2) is 11.9 Å². The van der Waals surface area contributed by atoms with Gasteiger partial charge in [0, 0.05) is 12.8 Å². The standard InChI is InChI=1S/C30H42O4/c31-29(33-27-21-15-13-16-22-27)25-19-11-9-7-5-3-1-2-4-6-8-10-12-20-26-30(32)34-28-23-17-14-18-24-28/h13-18,21-24H,1-12,19-20,25-26H2. The van der Waals surface area contributed by atoms with Gasteiger partial charge in [-0.25, -0.2) is 0 Å². The first-order valence-electron chi connectivity index (χ1n) is 13.3. The predicted molar refractivity (Wildman–Crippen MR) is 138 cm³/mol. The van der Waals surface area contributed by atoms with Gasteiger partial charge in [-0.2, -0.15) is 0 Å². The highest BCUT2D eigenvalue weighted by molar-refractivity contribution is 5.72. The summed E-state index contributed by atoms with van der Waals surface area (Å²) in [6.07, 6.45) is 17.9. The van der Waals surface area contributed by atoms with Gasteiger partial charge in [0.25, 0.3) is 0 Å². The molecule has 2 rings (SSSR count). The van der Waals surface area contributed by atoms with Crippen molar-refractivity contribution in [2.24, 2.45) is 0 Å². The Hall–Kier alpha value is -2.62. The maximum absolute atomic E-state index is 11.8. The molecule has 0 heterocycles. The van der Waals surface area contributed by atoms with Crippen molar-refractivity contribution in [3.8, 4) is 11.5 Å². The number of hydrogen-bond acceptors (Lipinski definition) is 4. The minimum absolute atomic E-state index is 0.128. The van der Waals surface area contributed by atoms with Gasteiger partial charge in [0.1, 0.15) is 11.5 Å². The number of esters is 2. The molecule has 0 atom stereocenters. The number of ether oxygens (including phenoxy) is 2. The smallest absolute Gasteiger partial charge is 0.311 e. The number of hydrogen-bond donors (Lipinski definition) is 0. The molecule has 0 amide bonds. The van der Waals surface area contributed by atoms with E-state index in [1.807, 2.05) is 60.7 Å². The molecule has 0 fully saturated rings. The van der Waals surface area contributed by atoms with Gasteiger partial charge in [0.05, 0.1) is 0 Å². The van der Waals surface area contributed by atoms with E-state index in [0.717, 1.165) is 25.7 Å². The summed E-state index contributed by atoms with van der Waals surface area (Å²) in [5.41, 5.74) is 0. The topological polar surface area (TPSA) is 52.6 Å². The predicted octanol–water partition coefficient (Wildman–Crippen LogP) is 8.44. The van der Waals surface area contributed by atoms with Crippen LogP contribution in [0.5, 0.6) is 11.5 Å². The van der Waals surface area contributed by atoms with E-state index in [0.29, 0.717) is 24.3 Å². The van der Waals surface area contributed by atoms with E-state index in [9.17, 15) is 9.59 Å². The molecular formula is C30H42O4. The fourth-order valence-electron chi connectivity index (χ4n) is 4.00. The van der Waals surface area contributed by atoms with E-state index in [1.165, 1.54) is 64.2 Å². The molecule has 0 aliphatic heterocycles.